The second-order valence-corrected chi connectivity index (χ2v) is 6.93. The van der Waals surface area contributed by atoms with Crippen molar-refractivity contribution < 1.29 is 9.47 Å². The van der Waals surface area contributed by atoms with Gasteiger partial charge in [-0.05, 0) is 36.8 Å². The molecular formula is C20H25N3O2. The van der Waals surface area contributed by atoms with Crippen molar-refractivity contribution in [2.75, 3.05) is 25.1 Å². The lowest BCUT2D eigenvalue weighted by molar-refractivity contribution is 0.171. The highest BCUT2D eigenvalue weighted by Gasteiger charge is 2.23. The molecule has 1 aliphatic rings. The molecule has 2 aromatic rings. The van der Waals surface area contributed by atoms with Crippen LogP contribution in [0.1, 0.15) is 25.0 Å². The normalized spacial score (nSPS) is 14.3. The Kier molecular flexibility index (Phi) is 4.83. The monoisotopic (exact) mass is 339 g/mol. The van der Waals surface area contributed by atoms with Gasteiger partial charge in [-0.15, -0.1) is 0 Å². The summed E-state index contributed by atoms with van der Waals surface area (Å²) in [6, 6.07) is 14.1. The van der Waals surface area contributed by atoms with Gasteiger partial charge < -0.3 is 20.5 Å². The van der Waals surface area contributed by atoms with Crippen molar-refractivity contribution in [2.24, 2.45) is 10.7 Å². The predicted octanol–water partition coefficient (Wildman–Crippen LogP) is 3.47. The van der Waals surface area contributed by atoms with Crippen molar-refractivity contribution in [3.63, 3.8) is 0 Å². The van der Waals surface area contributed by atoms with Crippen LogP contribution < -0.4 is 20.5 Å². The molecule has 3 N–H and O–H groups in total. The Hall–Kier alpha value is -2.69. The van der Waals surface area contributed by atoms with Gasteiger partial charge in [0.1, 0.15) is 13.2 Å². The van der Waals surface area contributed by atoms with Crippen LogP contribution >= 0.6 is 0 Å². The molecule has 0 amide bonds. The van der Waals surface area contributed by atoms with E-state index in [-0.39, 0.29) is 5.41 Å². The first-order chi connectivity index (χ1) is 11.9. The van der Waals surface area contributed by atoms with E-state index in [1.807, 2.05) is 36.4 Å². The summed E-state index contributed by atoms with van der Waals surface area (Å²) in [6.45, 7) is 8.08. The largest absolute Gasteiger partial charge is 0.486 e. The number of aryl methyl sites for hydroxylation is 1. The van der Waals surface area contributed by atoms with E-state index in [2.05, 4.69) is 37.1 Å². The van der Waals surface area contributed by atoms with Crippen LogP contribution in [0.5, 0.6) is 11.5 Å². The average Bonchev–Trinajstić information content (AvgIpc) is 2.62. The number of nitrogens with one attached hydrogen (secondary N) is 1. The average molecular weight is 339 g/mol. The van der Waals surface area contributed by atoms with Gasteiger partial charge in [0, 0.05) is 11.1 Å². The van der Waals surface area contributed by atoms with Crippen LogP contribution in [0, 0.1) is 6.92 Å². The Balaban J connectivity index is 1.69. The second kappa shape index (κ2) is 7.05. The fourth-order valence-electron chi connectivity index (χ4n) is 2.66. The number of anilines is 1. The summed E-state index contributed by atoms with van der Waals surface area (Å²) in [5.74, 6) is 2.01. The number of fused-ring (bicyclic) bond motifs is 1. The zero-order chi connectivity index (χ0) is 17.9. The minimum Gasteiger partial charge on any atom is -0.486 e. The minimum atomic E-state index is -0.171. The van der Waals surface area contributed by atoms with Gasteiger partial charge in [0.25, 0.3) is 0 Å². The third-order valence-electron chi connectivity index (χ3n) is 4.29. The smallest absolute Gasteiger partial charge is 0.193 e. The predicted molar refractivity (Wildman–Crippen MR) is 102 cm³/mol. The van der Waals surface area contributed by atoms with E-state index >= 15 is 0 Å². The van der Waals surface area contributed by atoms with Crippen molar-refractivity contribution in [3.8, 4) is 11.5 Å². The molecule has 132 valence electrons. The van der Waals surface area contributed by atoms with Crippen molar-refractivity contribution in [1.82, 2.24) is 0 Å². The summed E-state index contributed by atoms with van der Waals surface area (Å²) in [5.41, 5.74) is 9.15. The molecule has 0 aliphatic carbocycles. The van der Waals surface area contributed by atoms with E-state index in [9.17, 15) is 0 Å². The van der Waals surface area contributed by atoms with E-state index in [4.69, 9.17) is 15.2 Å². The topological polar surface area (TPSA) is 68.9 Å². The molecule has 0 saturated carbocycles. The molecule has 0 bridgehead atoms. The number of benzene rings is 2. The quantitative estimate of drug-likeness (QED) is 0.661. The minimum absolute atomic E-state index is 0.171. The van der Waals surface area contributed by atoms with Crippen LogP contribution in [0.15, 0.2) is 47.5 Å². The van der Waals surface area contributed by atoms with Crippen molar-refractivity contribution in [2.45, 2.75) is 26.2 Å². The van der Waals surface area contributed by atoms with Crippen LogP contribution in [-0.2, 0) is 5.41 Å². The number of aliphatic imine (C=N–C) groups is 1. The maximum absolute atomic E-state index is 6.03. The molecule has 0 saturated heterocycles. The number of guanidine groups is 1. The zero-order valence-electron chi connectivity index (χ0n) is 15.0. The summed E-state index contributed by atoms with van der Waals surface area (Å²) in [7, 11) is 0. The molecule has 0 radical (unpaired) electrons. The molecule has 1 heterocycles. The summed E-state index contributed by atoms with van der Waals surface area (Å²) in [6.07, 6.45) is 0. The molecule has 0 aromatic heterocycles. The number of hydrogen-bond acceptors (Lipinski definition) is 3. The third kappa shape index (κ3) is 4.24. The third-order valence-corrected chi connectivity index (χ3v) is 4.29. The molecule has 0 fully saturated rings. The van der Waals surface area contributed by atoms with Gasteiger partial charge in [0.05, 0.1) is 6.54 Å². The van der Waals surface area contributed by atoms with Gasteiger partial charge in [-0.3, -0.25) is 4.99 Å². The maximum atomic E-state index is 6.03. The van der Waals surface area contributed by atoms with Crippen LogP contribution in [0.25, 0.3) is 0 Å². The van der Waals surface area contributed by atoms with Crippen molar-refractivity contribution in [3.05, 3.63) is 53.6 Å². The van der Waals surface area contributed by atoms with Crippen molar-refractivity contribution >= 4 is 11.6 Å². The van der Waals surface area contributed by atoms with Gasteiger partial charge in [0.2, 0.25) is 0 Å². The number of hydrogen-bond donors (Lipinski definition) is 2. The molecule has 1 aliphatic heterocycles. The van der Waals surface area contributed by atoms with Crippen molar-refractivity contribution in [1.29, 1.82) is 0 Å². The fraction of sp³-hybridized carbons (Fsp3) is 0.350. The highest BCUT2D eigenvalue weighted by Crippen LogP contribution is 2.35. The number of nitrogens with zero attached hydrogens (tertiary/aromatic N) is 1. The fourth-order valence-corrected chi connectivity index (χ4v) is 2.66. The Morgan fingerprint density at radius 1 is 1.08 bits per heavy atom. The summed E-state index contributed by atoms with van der Waals surface area (Å²) >= 11 is 0. The second-order valence-electron chi connectivity index (χ2n) is 6.93. The summed E-state index contributed by atoms with van der Waals surface area (Å²) in [4.78, 5) is 4.51. The van der Waals surface area contributed by atoms with Crippen LogP contribution in [-0.4, -0.2) is 25.7 Å². The first-order valence-electron chi connectivity index (χ1n) is 8.48. The van der Waals surface area contributed by atoms with Crippen LogP contribution in [0.4, 0.5) is 5.69 Å². The van der Waals surface area contributed by atoms with Gasteiger partial charge in [0.15, 0.2) is 17.5 Å². The van der Waals surface area contributed by atoms with E-state index in [1.54, 1.807) is 0 Å². The van der Waals surface area contributed by atoms with E-state index < -0.39 is 0 Å². The number of rotatable bonds is 4. The van der Waals surface area contributed by atoms with Gasteiger partial charge in [-0.1, -0.05) is 37.6 Å². The number of nitrogens with two attached hydrogens (primary N) is 1. The maximum Gasteiger partial charge on any atom is 0.193 e. The first-order valence-corrected chi connectivity index (χ1v) is 8.48. The van der Waals surface area contributed by atoms with Crippen LogP contribution in [0.2, 0.25) is 0 Å². The summed E-state index contributed by atoms with van der Waals surface area (Å²) in [5, 5.41) is 3.13. The Labute approximate surface area is 148 Å². The Morgan fingerprint density at radius 2 is 1.76 bits per heavy atom. The van der Waals surface area contributed by atoms with E-state index in [0.29, 0.717) is 25.7 Å². The molecule has 2 aromatic carbocycles. The molecule has 0 unspecified atom stereocenters. The highest BCUT2D eigenvalue weighted by molar-refractivity contribution is 5.92. The number of ether oxygens (including phenoxy) is 2. The highest BCUT2D eigenvalue weighted by atomic mass is 16.6. The van der Waals surface area contributed by atoms with Gasteiger partial charge in [-0.25, -0.2) is 0 Å². The van der Waals surface area contributed by atoms with Gasteiger partial charge >= 0.3 is 0 Å². The lowest BCUT2D eigenvalue weighted by atomic mass is 9.84. The summed E-state index contributed by atoms with van der Waals surface area (Å²) < 4.78 is 11.3. The molecule has 0 atom stereocenters. The molecule has 5 nitrogen and oxygen atoms in total. The van der Waals surface area contributed by atoms with E-state index in [0.717, 1.165) is 22.7 Å². The molecule has 3 rings (SSSR count). The lowest BCUT2D eigenvalue weighted by Gasteiger charge is -2.26. The molecule has 5 heteroatoms. The van der Waals surface area contributed by atoms with E-state index in [1.165, 1.54) is 5.56 Å². The first kappa shape index (κ1) is 17.1. The molecule has 0 spiro atoms. The van der Waals surface area contributed by atoms with Gasteiger partial charge in [-0.2, -0.15) is 0 Å². The Bertz CT molecular complexity index is 767. The lowest BCUT2D eigenvalue weighted by Crippen LogP contribution is -2.28. The molecule has 25 heavy (non-hydrogen) atoms. The zero-order valence-corrected chi connectivity index (χ0v) is 15.0. The molecular weight excluding hydrogens is 314 g/mol. The van der Waals surface area contributed by atoms with Crippen LogP contribution in [0.3, 0.4) is 0 Å². The SMILES string of the molecule is Cc1ccc(NC(N)=NCC(C)(C)c2ccc3c(c2)OCCO3)cc1. The Morgan fingerprint density at radius 3 is 2.48 bits per heavy atom. The standard InChI is InChI=1S/C20H25N3O2/c1-14-4-7-16(8-5-14)23-19(21)22-13-20(2,3)15-6-9-17-18(12-15)25-11-10-24-17/h4-9,12H,10-11,13H2,1-3H3,(H3,21,22,23).